The molecule has 1 saturated heterocycles. The summed E-state index contributed by atoms with van der Waals surface area (Å²) in [6.45, 7) is 2.68. The number of morpholine rings is 1. The van der Waals surface area contributed by atoms with Crippen molar-refractivity contribution in [1.82, 2.24) is 20.2 Å². The second kappa shape index (κ2) is 9.99. The van der Waals surface area contributed by atoms with Crippen LogP contribution in [0.2, 0.25) is 5.02 Å². The third-order valence-corrected chi connectivity index (χ3v) is 5.90. The summed E-state index contributed by atoms with van der Waals surface area (Å²) in [7, 11) is 1.58. The van der Waals surface area contributed by atoms with Crippen molar-refractivity contribution in [3.05, 3.63) is 47.5 Å². The molecule has 1 N–H and O–H groups in total. The summed E-state index contributed by atoms with van der Waals surface area (Å²) in [6.07, 6.45) is 0. The Morgan fingerprint density at radius 3 is 2.84 bits per heavy atom. The Morgan fingerprint density at radius 2 is 2.03 bits per heavy atom. The Kier molecular flexibility index (Phi) is 6.90. The van der Waals surface area contributed by atoms with Crippen molar-refractivity contribution < 1.29 is 14.3 Å². The van der Waals surface area contributed by atoms with Crippen molar-refractivity contribution in [3.63, 3.8) is 0 Å². The second-order valence-corrected chi connectivity index (χ2v) is 7.97. The van der Waals surface area contributed by atoms with E-state index < -0.39 is 0 Å². The van der Waals surface area contributed by atoms with E-state index in [1.807, 2.05) is 42.5 Å². The van der Waals surface area contributed by atoms with Crippen LogP contribution in [0, 0.1) is 0 Å². The Bertz CT molecular complexity index is 1060. The summed E-state index contributed by atoms with van der Waals surface area (Å²) in [4.78, 5) is 14.8. The number of carbonyl (C=O) groups is 1. The van der Waals surface area contributed by atoms with Gasteiger partial charge in [0.15, 0.2) is 0 Å². The van der Waals surface area contributed by atoms with Crippen molar-refractivity contribution in [2.45, 2.75) is 5.16 Å². The third kappa shape index (κ3) is 4.92. The molecule has 1 aliphatic heterocycles. The zero-order valence-corrected chi connectivity index (χ0v) is 18.4. The van der Waals surface area contributed by atoms with E-state index in [0.29, 0.717) is 40.5 Å². The van der Waals surface area contributed by atoms with Gasteiger partial charge >= 0.3 is 0 Å². The molecule has 0 unspecified atom stereocenters. The maximum atomic E-state index is 12.7. The molecule has 11 heteroatoms. The van der Waals surface area contributed by atoms with Crippen molar-refractivity contribution >= 4 is 40.6 Å². The van der Waals surface area contributed by atoms with Gasteiger partial charge in [0, 0.05) is 13.1 Å². The number of halogens is 1. The SMILES string of the molecule is COc1ccccc1-n1nnnc1SCC(=O)Nc1cccc(Cl)c1N1CCOCC1. The van der Waals surface area contributed by atoms with Gasteiger partial charge in [-0.3, -0.25) is 4.79 Å². The largest absolute Gasteiger partial charge is 0.494 e. The zero-order valence-electron chi connectivity index (χ0n) is 16.8. The molecular formula is C20H21ClN6O3S. The number of thioether (sulfide) groups is 1. The highest BCUT2D eigenvalue weighted by atomic mass is 35.5. The van der Waals surface area contributed by atoms with Crippen LogP contribution in [0.4, 0.5) is 11.4 Å². The van der Waals surface area contributed by atoms with E-state index in [2.05, 4.69) is 25.7 Å². The first-order chi connectivity index (χ1) is 15.2. The van der Waals surface area contributed by atoms with E-state index in [-0.39, 0.29) is 11.7 Å². The number of hydrogen-bond donors (Lipinski definition) is 1. The summed E-state index contributed by atoms with van der Waals surface area (Å²) >= 11 is 7.67. The number of amides is 1. The molecule has 31 heavy (non-hydrogen) atoms. The van der Waals surface area contributed by atoms with E-state index in [1.54, 1.807) is 11.8 Å². The number of ether oxygens (including phenoxy) is 2. The number of rotatable bonds is 7. The first-order valence-electron chi connectivity index (χ1n) is 9.63. The fraction of sp³-hybridized carbons (Fsp3) is 0.300. The van der Waals surface area contributed by atoms with E-state index in [0.717, 1.165) is 18.8 Å². The predicted molar refractivity (Wildman–Crippen MR) is 120 cm³/mol. The van der Waals surface area contributed by atoms with E-state index >= 15 is 0 Å². The Labute approximate surface area is 188 Å². The predicted octanol–water partition coefficient (Wildman–Crippen LogP) is 2.89. The van der Waals surface area contributed by atoms with E-state index in [1.165, 1.54) is 11.8 Å². The van der Waals surface area contributed by atoms with Gasteiger partial charge in [-0.25, -0.2) is 0 Å². The van der Waals surface area contributed by atoms with Crippen LogP contribution in [-0.2, 0) is 9.53 Å². The number of tetrazole rings is 1. The van der Waals surface area contributed by atoms with Gasteiger partial charge in [0.05, 0.1) is 42.5 Å². The molecule has 2 heterocycles. The van der Waals surface area contributed by atoms with Crippen LogP contribution in [0.1, 0.15) is 0 Å². The van der Waals surface area contributed by atoms with Gasteiger partial charge in [-0.2, -0.15) is 4.68 Å². The highest BCUT2D eigenvalue weighted by molar-refractivity contribution is 7.99. The van der Waals surface area contributed by atoms with Crippen molar-refractivity contribution in [2.75, 3.05) is 49.4 Å². The molecule has 2 aromatic carbocycles. The van der Waals surface area contributed by atoms with Crippen LogP contribution in [0.25, 0.3) is 5.69 Å². The number of para-hydroxylation sites is 3. The lowest BCUT2D eigenvalue weighted by atomic mass is 10.2. The van der Waals surface area contributed by atoms with Gasteiger partial charge in [0.1, 0.15) is 11.4 Å². The average molecular weight is 461 g/mol. The smallest absolute Gasteiger partial charge is 0.234 e. The van der Waals surface area contributed by atoms with Gasteiger partial charge in [-0.1, -0.05) is 41.6 Å². The highest BCUT2D eigenvalue weighted by Crippen LogP contribution is 2.34. The van der Waals surface area contributed by atoms with Gasteiger partial charge in [0.25, 0.3) is 0 Å². The summed E-state index contributed by atoms with van der Waals surface area (Å²) in [6, 6.07) is 12.9. The summed E-state index contributed by atoms with van der Waals surface area (Å²) in [5.74, 6) is 0.580. The molecule has 0 atom stereocenters. The summed E-state index contributed by atoms with van der Waals surface area (Å²) < 4.78 is 12.4. The van der Waals surface area contributed by atoms with Gasteiger partial charge in [0.2, 0.25) is 11.1 Å². The standard InChI is InChI=1S/C20H21ClN6O3S/c1-29-17-8-3-2-7-16(17)27-20(23-24-25-27)31-13-18(28)22-15-6-4-5-14(21)19(15)26-9-11-30-12-10-26/h2-8H,9-13H2,1H3,(H,22,28). The minimum Gasteiger partial charge on any atom is -0.494 e. The van der Waals surface area contributed by atoms with Crippen LogP contribution in [0.3, 0.4) is 0 Å². The number of aromatic nitrogens is 4. The maximum absolute atomic E-state index is 12.7. The number of benzene rings is 2. The van der Waals surface area contributed by atoms with Gasteiger partial charge in [-0.05, 0) is 34.7 Å². The third-order valence-electron chi connectivity index (χ3n) is 4.67. The molecule has 1 aromatic heterocycles. The topological polar surface area (TPSA) is 94.4 Å². The number of nitrogens with one attached hydrogen (secondary N) is 1. The van der Waals surface area contributed by atoms with Crippen molar-refractivity contribution in [3.8, 4) is 11.4 Å². The Balaban J connectivity index is 1.46. The van der Waals surface area contributed by atoms with Crippen molar-refractivity contribution in [2.24, 2.45) is 0 Å². The molecule has 0 bridgehead atoms. The summed E-state index contributed by atoms with van der Waals surface area (Å²) in [5.41, 5.74) is 2.18. The molecule has 0 saturated carbocycles. The number of hydrogen-bond acceptors (Lipinski definition) is 8. The van der Waals surface area contributed by atoms with Gasteiger partial charge in [-0.15, -0.1) is 5.10 Å². The lowest BCUT2D eigenvalue weighted by Crippen LogP contribution is -2.37. The average Bonchev–Trinajstić information content (AvgIpc) is 3.27. The number of methoxy groups -OCH3 is 1. The molecule has 9 nitrogen and oxygen atoms in total. The Morgan fingerprint density at radius 1 is 1.23 bits per heavy atom. The van der Waals surface area contributed by atoms with Gasteiger partial charge < -0.3 is 19.7 Å². The minimum absolute atomic E-state index is 0.130. The van der Waals surface area contributed by atoms with E-state index in [4.69, 9.17) is 21.1 Å². The molecule has 0 radical (unpaired) electrons. The molecule has 0 aliphatic carbocycles. The first-order valence-corrected chi connectivity index (χ1v) is 11.0. The number of carbonyl (C=O) groups excluding carboxylic acids is 1. The molecule has 4 rings (SSSR count). The molecule has 162 valence electrons. The first kappa shape index (κ1) is 21.4. The van der Waals surface area contributed by atoms with Crippen molar-refractivity contribution in [1.29, 1.82) is 0 Å². The fourth-order valence-corrected chi connectivity index (χ4v) is 4.24. The van der Waals surface area contributed by atoms with E-state index in [9.17, 15) is 4.79 Å². The minimum atomic E-state index is -0.184. The van der Waals surface area contributed by atoms with Crippen LogP contribution < -0.4 is 15.0 Å². The second-order valence-electron chi connectivity index (χ2n) is 6.62. The number of anilines is 2. The van der Waals surface area contributed by atoms with Crippen LogP contribution in [-0.4, -0.2) is 65.3 Å². The van der Waals surface area contributed by atoms with Crippen LogP contribution in [0.5, 0.6) is 5.75 Å². The fourth-order valence-electron chi connectivity index (χ4n) is 3.27. The molecule has 1 aliphatic rings. The Hall–Kier alpha value is -2.82. The quantitative estimate of drug-likeness (QED) is 0.538. The number of nitrogens with zero attached hydrogens (tertiary/aromatic N) is 5. The monoisotopic (exact) mass is 460 g/mol. The summed E-state index contributed by atoms with van der Waals surface area (Å²) in [5, 5.41) is 15.8. The molecule has 3 aromatic rings. The lowest BCUT2D eigenvalue weighted by Gasteiger charge is -2.31. The normalized spacial score (nSPS) is 13.8. The molecule has 1 fully saturated rings. The molecule has 1 amide bonds. The zero-order chi connectivity index (χ0) is 21.6. The lowest BCUT2D eigenvalue weighted by molar-refractivity contribution is -0.113. The highest BCUT2D eigenvalue weighted by Gasteiger charge is 2.20. The van der Waals surface area contributed by atoms with Crippen LogP contribution in [0.15, 0.2) is 47.6 Å². The molecular weight excluding hydrogens is 440 g/mol. The van der Waals surface area contributed by atoms with Crippen LogP contribution >= 0.6 is 23.4 Å². The molecule has 0 spiro atoms. The maximum Gasteiger partial charge on any atom is 0.234 e.